The fraction of sp³-hybridized carbons (Fsp3) is 0.854. The van der Waals surface area contributed by atoms with Crippen LogP contribution in [0.5, 0.6) is 0 Å². The summed E-state index contributed by atoms with van der Waals surface area (Å²) in [6.45, 7) is 12.4. The molecule has 346 valence electrons. The van der Waals surface area contributed by atoms with Gasteiger partial charge < -0.3 is 49.7 Å². The van der Waals surface area contributed by atoms with Crippen LogP contribution in [0.3, 0.4) is 0 Å². The van der Waals surface area contributed by atoms with Crippen molar-refractivity contribution >= 4 is 18.2 Å². The number of cyclic esters (lactones) is 2. The van der Waals surface area contributed by atoms with Crippen LogP contribution in [0, 0.1) is 17.8 Å². The van der Waals surface area contributed by atoms with E-state index < -0.39 is 0 Å². The van der Waals surface area contributed by atoms with Crippen molar-refractivity contribution in [2.24, 2.45) is 17.8 Å². The third-order valence-electron chi connectivity index (χ3n) is 14.2. The summed E-state index contributed by atoms with van der Waals surface area (Å²) in [6, 6.07) is 0. The van der Waals surface area contributed by atoms with E-state index in [0.717, 1.165) is 128 Å². The molecular formula is C48H80N4O9. The molecule has 9 atom stereocenters. The van der Waals surface area contributed by atoms with E-state index in [4.69, 9.17) is 28.4 Å². The van der Waals surface area contributed by atoms with Crippen molar-refractivity contribution < 1.29 is 42.8 Å². The number of hydrogen-bond acceptors (Lipinski definition) is 11. The molecule has 0 aromatic carbocycles. The highest BCUT2D eigenvalue weighted by Gasteiger charge is 2.62. The highest BCUT2D eigenvalue weighted by atomic mass is 16.7. The van der Waals surface area contributed by atoms with Gasteiger partial charge in [-0.2, -0.15) is 0 Å². The Kier molecular flexibility index (Phi) is 19.1. The maximum Gasteiger partial charge on any atom is 0.407 e. The van der Waals surface area contributed by atoms with Crippen LogP contribution in [0.2, 0.25) is 0 Å². The van der Waals surface area contributed by atoms with Crippen LogP contribution in [-0.4, -0.2) is 113 Å². The number of allylic oxidation sites excluding steroid dienone is 2. The number of amides is 2. The lowest BCUT2D eigenvalue weighted by atomic mass is 9.80. The lowest BCUT2D eigenvalue weighted by Gasteiger charge is -2.26. The molecule has 4 aliphatic heterocycles. The third-order valence-corrected chi connectivity index (χ3v) is 14.2. The lowest BCUT2D eigenvalue weighted by molar-refractivity contribution is -0.144. The zero-order chi connectivity index (χ0) is 42.9. The molecule has 13 heteroatoms. The van der Waals surface area contributed by atoms with Gasteiger partial charge in [0.05, 0.1) is 29.8 Å². The normalized spacial score (nSPS) is 38.8. The fourth-order valence-electron chi connectivity index (χ4n) is 10.0. The number of fused-ring (bicyclic) bond motifs is 10. The second-order valence-corrected chi connectivity index (χ2v) is 19.3. The molecule has 2 amide bonds. The van der Waals surface area contributed by atoms with E-state index in [1.807, 2.05) is 0 Å². The molecule has 4 saturated heterocycles. The van der Waals surface area contributed by atoms with E-state index in [0.29, 0.717) is 38.8 Å². The van der Waals surface area contributed by atoms with Crippen LogP contribution >= 0.6 is 0 Å². The van der Waals surface area contributed by atoms with Crippen LogP contribution in [0.15, 0.2) is 23.3 Å². The van der Waals surface area contributed by atoms with Crippen LogP contribution < -0.4 is 21.3 Å². The van der Waals surface area contributed by atoms with Crippen molar-refractivity contribution in [3.05, 3.63) is 23.3 Å². The Bertz CT molecular complexity index is 1460. The SMILES string of the molecule is C[C@@H]1CC/C2=C\CC[C@@]3(C)O[C@H]3[C@H]1OCCNCCCCCCCCNC[C@@H]1C(=O)O[C@H]3[C@H]1CC/C(=C\CC[C@@]1(C)O[C@@H]31)COC(=O)NCCCCCCCCNC(=O)OC2. The Morgan fingerprint density at radius 2 is 1.11 bits per heavy atom. The summed E-state index contributed by atoms with van der Waals surface area (Å²) in [6.07, 6.45) is 23.6. The number of carbonyl (C=O) groups excluding carboxylic acids is 3. The number of carbonyl (C=O) groups is 3. The average Bonchev–Trinajstić information content (AvgIpc) is 4.08. The molecule has 0 aromatic heterocycles. The van der Waals surface area contributed by atoms with Crippen molar-refractivity contribution in [2.75, 3.05) is 59.1 Å². The van der Waals surface area contributed by atoms with Gasteiger partial charge >= 0.3 is 18.2 Å². The second-order valence-electron chi connectivity index (χ2n) is 19.3. The Morgan fingerprint density at radius 3 is 1.70 bits per heavy atom. The molecule has 0 spiro atoms. The second kappa shape index (κ2) is 24.4. The van der Waals surface area contributed by atoms with Crippen molar-refractivity contribution in [3.63, 3.8) is 0 Å². The molecule has 4 bridgehead atoms. The van der Waals surface area contributed by atoms with Crippen LogP contribution in [0.1, 0.15) is 149 Å². The predicted octanol–water partition coefficient (Wildman–Crippen LogP) is 7.81. The Balaban J connectivity index is 0.953. The summed E-state index contributed by atoms with van der Waals surface area (Å²) in [5.74, 6) is 0.0796. The first-order chi connectivity index (χ1) is 29.6. The van der Waals surface area contributed by atoms with Gasteiger partial charge in [0.15, 0.2) is 0 Å². The maximum absolute atomic E-state index is 13.2. The zero-order valence-corrected chi connectivity index (χ0v) is 37.9. The van der Waals surface area contributed by atoms with E-state index in [1.54, 1.807) is 0 Å². The average molecular weight is 857 g/mol. The number of esters is 1. The molecule has 6 aliphatic rings. The number of epoxide rings is 2. The monoisotopic (exact) mass is 857 g/mol. The summed E-state index contributed by atoms with van der Waals surface area (Å²) >= 11 is 0. The van der Waals surface area contributed by atoms with E-state index in [1.165, 1.54) is 31.3 Å². The number of hydrogen-bond donors (Lipinski definition) is 4. The number of nitrogens with one attached hydrogen (secondary N) is 4. The molecule has 4 fully saturated rings. The third kappa shape index (κ3) is 15.2. The standard InChI is InChI=1S/C48H80N4O9/c1-35-20-21-36-18-16-24-47(2)42(60-47)40(35)56-31-30-49-26-12-8-4-5-9-13-27-50-32-39-38-23-22-37(19-17-25-48(3)43(61-48)41(38)59-44(39)53)34-58-46(55)52-29-15-11-7-6-10-14-28-51-45(54)57-33-36/h18-19,35,38-43,49-50H,4-17,20-34H2,1-3H3,(H,51,54)(H,52,55)/b36-18+,37-19+/t35-,38+,39+,40+,41+,42+,43+,47-,48-/m1/s1. The van der Waals surface area contributed by atoms with Gasteiger partial charge in [-0.1, -0.05) is 70.4 Å². The predicted molar refractivity (Wildman–Crippen MR) is 235 cm³/mol. The zero-order valence-electron chi connectivity index (χ0n) is 37.9. The molecule has 0 aromatic rings. The molecule has 2 aliphatic carbocycles. The molecule has 4 N–H and O–H groups in total. The van der Waals surface area contributed by atoms with Crippen LogP contribution in [-0.2, 0) is 33.2 Å². The van der Waals surface area contributed by atoms with Gasteiger partial charge in [-0.15, -0.1) is 0 Å². The summed E-state index contributed by atoms with van der Waals surface area (Å²) in [5.41, 5.74) is 1.82. The van der Waals surface area contributed by atoms with Gasteiger partial charge in [0.25, 0.3) is 0 Å². The first-order valence-corrected chi connectivity index (χ1v) is 24.4. The summed E-state index contributed by atoms with van der Waals surface area (Å²) in [7, 11) is 0. The Hall–Kier alpha value is -2.71. The van der Waals surface area contributed by atoms with Crippen molar-refractivity contribution in [1.82, 2.24) is 21.3 Å². The van der Waals surface area contributed by atoms with E-state index >= 15 is 0 Å². The van der Waals surface area contributed by atoms with Gasteiger partial charge in [0.2, 0.25) is 0 Å². The molecule has 0 radical (unpaired) electrons. The van der Waals surface area contributed by atoms with E-state index in [9.17, 15) is 14.4 Å². The highest BCUT2D eigenvalue weighted by Crippen LogP contribution is 2.50. The summed E-state index contributed by atoms with van der Waals surface area (Å²) < 4.78 is 36.4. The van der Waals surface area contributed by atoms with Gasteiger partial charge in [-0.3, -0.25) is 4.79 Å². The van der Waals surface area contributed by atoms with Crippen molar-refractivity contribution in [3.8, 4) is 0 Å². The first kappa shape index (κ1) is 47.8. The van der Waals surface area contributed by atoms with Crippen LogP contribution in [0.25, 0.3) is 0 Å². The molecule has 0 unspecified atom stereocenters. The van der Waals surface area contributed by atoms with Crippen molar-refractivity contribution in [2.45, 2.75) is 185 Å². The molecule has 0 saturated carbocycles. The molecular weight excluding hydrogens is 777 g/mol. The first-order valence-electron chi connectivity index (χ1n) is 24.4. The number of ether oxygens (including phenoxy) is 6. The molecule has 13 nitrogen and oxygen atoms in total. The van der Waals surface area contributed by atoms with E-state index in [-0.39, 0.29) is 72.2 Å². The number of rotatable bonds is 0. The van der Waals surface area contributed by atoms with Gasteiger partial charge in [0.1, 0.15) is 31.5 Å². The molecule has 61 heavy (non-hydrogen) atoms. The fourth-order valence-corrected chi connectivity index (χ4v) is 10.0. The minimum absolute atomic E-state index is 0.0475. The topological polar surface area (TPSA) is 161 Å². The molecule has 6 rings (SSSR count). The summed E-state index contributed by atoms with van der Waals surface area (Å²) in [5, 5.41) is 13.0. The Labute approximate surface area is 366 Å². The Morgan fingerprint density at radius 1 is 0.607 bits per heavy atom. The molecule has 4 heterocycles. The quantitative estimate of drug-likeness (QED) is 0.0815. The van der Waals surface area contributed by atoms with Gasteiger partial charge in [0, 0.05) is 32.1 Å². The maximum atomic E-state index is 13.2. The summed E-state index contributed by atoms with van der Waals surface area (Å²) in [4.78, 5) is 38.4. The minimum Gasteiger partial charge on any atom is -0.459 e. The van der Waals surface area contributed by atoms with Gasteiger partial charge in [-0.25, -0.2) is 9.59 Å². The van der Waals surface area contributed by atoms with Gasteiger partial charge in [-0.05, 0) is 121 Å². The smallest absolute Gasteiger partial charge is 0.407 e. The van der Waals surface area contributed by atoms with Crippen LogP contribution in [0.4, 0.5) is 9.59 Å². The number of alkyl carbamates (subject to hydrolysis) is 2. The largest absolute Gasteiger partial charge is 0.459 e. The van der Waals surface area contributed by atoms with E-state index in [2.05, 4.69) is 54.2 Å². The van der Waals surface area contributed by atoms with Crippen molar-refractivity contribution in [1.29, 1.82) is 0 Å². The lowest BCUT2D eigenvalue weighted by Crippen LogP contribution is -2.35. The minimum atomic E-state index is -0.389. The highest BCUT2D eigenvalue weighted by molar-refractivity contribution is 5.76.